The minimum atomic E-state index is 0.394. The molecule has 0 bridgehead atoms. The molecule has 1 atom stereocenters. The number of nitrogens with two attached hydrogens (primary N) is 1. The van der Waals surface area contributed by atoms with E-state index in [0.29, 0.717) is 18.5 Å². The number of nitrogens with zero attached hydrogens (tertiary/aromatic N) is 1. The smallest absolute Gasteiger partial charge is 0.0248 e. The molecule has 1 unspecified atom stereocenters. The monoisotopic (exact) mass is 282 g/mol. The zero-order valence-electron chi connectivity index (χ0n) is 13.1. The van der Waals surface area contributed by atoms with Gasteiger partial charge >= 0.3 is 0 Å². The Hall–Kier alpha value is -1.64. The second kappa shape index (κ2) is 7.96. The van der Waals surface area contributed by atoms with Crippen LogP contribution < -0.4 is 5.73 Å². The number of rotatable bonds is 7. The van der Waals surface area contributed by atoms with Gasteiger partial charge in [0.15, 0.2) is 0 Å². The molecule has 0 aliphatic heterocycles. The largest absolute Gasteiger partial charge is 0.329 e. The van der Waals surface area contributed by atoms with Crippen LogP contribution >= 0.6 is 0 Å². The van der Waals surface area contributed by atoms with Gasteiger partial charge in [0.25, 0.3) is 0 Å². The topological polar surface area (TPSA) is 29.3 Å². The van der Waals surface area contributed by atoms with Crippen LogP contribution in [0.1, 0.15) is 25.0 Å². The molecule has 0 saturated carbocycles. The molecule has 0 aliphatic carbocycles. The normalized spacial score (nSPS) is 12.8. The number of hydrogen-bond donors (Lipinski definition) is 1. The van der Waals surface area contributed by atoms with Crippen molar-refractivity contribution in [3.05, 3.63) is 71.8 Å². The highest BCUT2D eigenvalue weighted by molar-refractivity contribution is 5.17. The van der Waals surface area contributed by atoms with Gasteiger partial charge in [-0.25, -0.2) is 0 Å². The fourth-order valence-electron chi connectivity index (χ4n) is 2.77. The van der Waals surface area contributed by atoms with E-state index in [1.165, 1.54) is 11.1 Å². The molecule has 2 nitrogen and oxygen atoms in total. The molecule has 0 amide bonds. The second-order valence-corrected chi connectivity index (χ2v) is 5.92. The van der Waals surface area contributed by atoms with E-state index >= 15 is 0 Å². The fourth-order valence-corrected chi connectivity index (χ4v) is 2.77. The third-order valence-electron chi connectivity index (χ3n) is 3.94. The standard InChI is InChI=1S/C19H26N2/c1-16(2)19(13-20)21(14-17-9-5-3-6-10-17)15-18-11-7-4-8-12-18/h3-12,16,19H,13-15,20H2,1-2H3. The predicted molar refractivity (Wildman–Crippen MR) is 89.8 cm³/mol. The van der Waals surface area contributed by atoms with Crippen molar-refractivity contribution in [1.82, 2.24) is 4.90 Å². The maximum Gasteiger partial charge on any atom is 0.0248 e. The first-order valence-electron chi connectivity index (χ1n) is 7.72. The van der Waals surface area contributed by atoms with E-state index < -0.39 is 0 Å². The van der Waals surface area contributed by atoms with Crippen molar-refractivity contribution in [3.63, 3.8) is 0 Å². The Bertz CT molecular complexity index is 466. The van der Waals surface area contributed by atoms with Crippen LogP contribution in [0.15, 0.2) is 60.7 Å². The summed E-state index contributed by atoms with van der Waals surface area (Å²) in [5, 5.41) is 0. The zero-order valence-corrected chi connectivity index (χ0v) is 13.1. The molecule has 2 rings (SSSR count). The summed E-state index contributed by atoms with van der Waals surface area (Å²) in [4.78, 5) is 2.50. The lowest BCUT2D eigenvalue weighted by atomic mass is 10.0. The third-order valence-corrected chi connectivity index (χ3v) is 3.94. The van der Waals surface area contributed by atoms with Crippen LogP contribution in [0, 0.1) is 5.92 Å². The van der Waals surface area contributed by atoms with Gasteiger partial charge < -0.3 is 5.73 Å². The van der Waals surface area contributed by atoms with Crippen molar-refractivity contribution >= 4 is 0 Å². The molecule has 2 aromatic carbocycles. The first-order valence-corrected chi connectivity index (χ1v) is 7.72. The van der Waals surface area contributed by atoms with Gasteiger partial charge in [-0.2, -0.15) is 0 Å². The molecule has 0 aliphatic rings. The van der Waals surface area contributed by atoms with Crippen molar-refractivity contribution in [2.75, 3.05) is 6.54 Å². The van der Waals surface area contributed by atoms with E-state index in [2.05, 4.69) is 79.4 Å². The van der Waals surface area contributed by atoms with Crippen LogP contribution in [0.3, 0.4) is 0 Å². The van der Waals surface area contributed by atoms with E-state index in [9.17, 15) is 0 Å². The lowest BCUT2D eigenvalue weighted by molar-refractivity contribution is 0.143. The summed E-state index contributed by atoms with van der Waals surface area (Å²) in [7, 11) is 0. The maximum absolute atomic E-state index is 6.04. The van der Waals surface area contributed by atoms with Crippen molar-refractivity contribution < 1.29 is 0 Å². The Morgan fingerprint density at radius 2 is 1.24 bits per heavy atom. The lowest BCUT2D eigenvalue weighted by Crippen LogP contribution is -2.43. The van der Waals surface area contributed by atoms with Crippen molar-refractivity contribution in [3.8, 4) is 0 Å². The SMILES string of the molecule is CC(C)C(CN)N(Cc1ccccc1)Cc1ccccc1. The van der Waals surface area contributed by atoms with Gasteiger partial charge in [0.05, 0.1) is 0 Å². The zero-order chi connectivity index (χ0) is 15.1. The molecule has 0 spiro atoms. The summed E-state index contributed by atoms with van der Waals surface area (Å²) < 4.78 is 0. The molecule has 112 valence electrons. The van der Waals surface area contributed by atoms with Gasteiger partial charge in [-0.05, 0) is 17.0 Å². The van der Waals surface area contributed by atoms with E-state index in [-0.39, 0.29) is 0 Å². The van der Waals surface area contributed by atoms with Crippen LogP contribution in [-0.4, -0.2) is 17.5 Å². The summed E-state index contributed by atoms with van der Waals surface area (Å²) in [6.07, 6.45) is 0. The van der Waals surface area contributed by atoms with Crippen LogP contribution in [-0.2, 0) is 13.1 Å². The third kappa shape index (κ3) is 4.69. The average molecular weight is 282 g/mol. The first kappa shape index (κ1) is 15.7. The Balaban J connectivity index is 2.17. The first-order chi connectivity index (χ1) is 10.2. The number of benzene rings is 2. The van der Waals surface area contributed by atoms with E-state index in [4.69, 9.17) is 5.73 Å². The molecule has 21 heavy (non-hydrogen) atoms. The van der Waals surface area contributed by atoms with Crippen LogP contribution in [0.25, 0.3) is 0 Å². The van der Waals surface area contributed by atoms with Gasteiger partial charge in [-0.3, -0.25) is 4.90 Å². The highest BCUT2D eigenvalue weighted by atomic mass is 15.2. The second-order valence-electron chi connectivity index (χ2n) is 5.92. The molecule has 0 aromatic heterocycles. The van der Waals surface area contributed by atoms with Crippen molar-refractivity contribution in [2.24, 2.45) is 11.7 Å². The number of hydrogen-bond acceptors (Lipinski definition) is 2. The minimum Gasteiger partial charge on any atom is -0.329 e. The molecule has 0 heterocycles. The van der Waals surface area contributed by atoms with Crippen molar-refractivity contribution in [2.45, 2.75) is 33.0 Å². The Kier molecular flexibility index (Phi) is 5.97. The van der Waals surface area contributed by atoms with Gasteiger partial charge in [0, 0.05) is 25.7 Å². The maximum atomic E-state index is 6.04. The van der Waals surface area contributed by atoms with Gasteiger partial charge in [0.1, 0.15) is 0 Å². The Morgan fingerprint density at radius 1 is 0.810 bits per heavy atom. The highest BCUT2D eigenvalue weighted by Crippen LogP contribution is 2.17. The summed E-state index contributed by atoms with van der Waals surface area (Å²) in [5.74, 6) is 0.544. The van der Waals surface area contributed by atoms with Crippen LogP contribution in [0.2, 0.25) is 0 Å². The summed E-state index contributed by atoms with van der Waals surface area (Å²) in [6, 6.07) is 21.7. The molecule has 2 aromatic rings. The molecule has 0 saturated heterocycles. The summed E-state index contributed by atoms with van der Waals surface area (Å²) in [6.45, 7) is 7.07. The van der Waals surface area contributed by atoms with Gasteiger partial charge in [-0.15, -0.1) is 0 Å². The van der Waals surface area contributed by atoms with E-state index in [0.717, 1.165) is 13.1 Å². The minimum absolute atomic E-state index is 0.394. The van der Waals surface area contributed by atoms with E-state index in [1.807, 2.05) is 0 Å². The Morgan fingerprint density at radius 3 is 1.57 bits per heavy atom. The quantitative estimate of drug-likeness (QED) is 0.839. The van der Waals surface area contributed by atoms with Crippen LogP contribution in [0.5, 0.6) is 0 Å². The molecular formula is C19H26N2. The molecular weight excluding hydrogens is 256 g/mol. The highest BCUT2D eigenvalue weighted by Gasteiger charge is 2.20. The fraction of sp³-hybridized carbons (Fsp3) is 0.368. The Labute approximate surface area is 128 Å². The van der Waals surface area contributed by atoms with Crippen molar-refractivity contribution in [1.29, 1.82) is 0 Å². The molecule has 2 N–H and O–H groups in total. The van der Waals surface area contributed by atoms with E-state index in [1.54, 1.807) is 0 Å². The van der Waals surface area contributed by atoms with Gasteiger partial charge in [0.2, 0.25) is 0 Å². The molecule has 0 radical (unpaired) electrons. The van der Waals surface area contributed by atoms with Gasteiger partial charge in [-0.1, -0.05) is 74.5 Å². The molecule has 0 fully saturated rings. The summed E-state index contributed by atoms with van der Waals surface area (Å²) in [5.41, 5.74) is 8.72. The molecule has 2 heteroatoms. The summed E-state index contributed by atoms with van der Waals surface area (Å²) >= 11 is 0. The predicted octanol–water partition coefficient (Wildman–Crippen LogP) is 3.67. The lowest BCUT2D eigenvalue weighted by Gasteiger charge is -2.34. The van der Waals surface area contributed by atoms with Crippen LogP contribution in [0.4, 0.5) is 0 Å². The average Bonchev–Trinajstić information content (AvgIpc) is 2.49.